The highest BCUT2D eigenvalue weighted by Gasteiger charge is 2.26. The van der Waals surface area contributed by atoms with Crippen LogP contribution in [0.15, 0.2) is 66.7 Å². The first-order valence-corrected chi connectivity index (χ1v) is 10.5. The summed E-state index contributed by atoms with van der Waals surface area (Å²) in [6.07, 6.45) is 0. The van der Waals surface area contributed by atoms with Gasteiger partial charge < -0.3 is 24.2 Å². The van der Waals surface area contributed by atoms with Crippen LogP contribution in [0.5, 0.6) is 17.2 Å². The average molecular weight is 434 g/mol. The molecule has 0 unspecified atom stereocenters. The number of methoxy groups -OCH3 is 1. The lowest BCUT2D eigenvalue weighted by atomic mass is 10.0. The number of hydrogen-bond donors (Lipinski definition) is 1. The summed E-state index contributed by atoms with van der Waals surface area (Å²) in [7, 11) is 1.55. The fourth-order valence-corrected chi connectivity index (χ4v) is 3.57. The van der Waals surface area contributed by atoms with Gasteiger partial charge in [-0.1, -0.05) is 36.4 Å². The van der Waals surface area contributed by atoms with Crippen LogP contribution in [0.25, 0.3) is 11.1 Å². The van der Waals surface area contributed by atoms with Crippen molar-refractivity contribution < 1.29 is 24.1 Å². The Morgan fingerprint density at radius 3 is 2.50 bits per heavy atom. The molecule has 6 nitrogen and oxygen atoms in total. The zero-order chi connectivity index (χ0) is 22.7. The van der Waals surface area contributed by atoms with Crippen LogP contribution in [-0.2, 0) is 0 Å². The van der Waals surface area contributed by atoms with Crippen LogP contribution in [0.1, 0.15) is 24.2 Å². The van der Waals surface area contributed by atoms with Crippen LogP contribution in [0.4, 0.5) is 5.69 Å². The van der Waals surface area contributed by atoms with Crippen molar-refractivity contribution in [3.05, 3.63) is 72.3 Å². The first kappa shape index (κ1) is 21.7. The number of benzene rings is 3. The number of aliphatic hydroxyl groups is 1. The predicted octanol–water partition coefficient (Wildman–Crippen LogP) is 4.55. The number of carbonyl (C=O) groups is 1. The van der Waals surface area contributed by atoms with Gasteiger partial charge in [0.1, 0.15) is 19.0 Å². The SMILES string of the molecule is COc1cc(N2CCOc3cc(-c4ccccc4)ccc3C2=O)ccc1OCC(C)(C)O. The molecule has 0 radical (unpaired) electrons. The van der Waals surface area contributed by atoms with Crippen LogP contribution < -0.4 is 19.1 Å². The van der Waals surface area contributed by atoms with Crippen LogP contribution in [0, 0.1) is 0 Å². The number of hydrogen-bond acceptors (Lipinski definition) is 5. The van der Waals surface area contributed by atoms with Crippen molar-refractivity contribution in [3.8, 4) is 28.4 Å². The molecule has 3 aromatic carbocycles. The van der Waals surface area contributed by atoms with E-state index in [-0.39, 0.29) is 12.5 Å². The molecule has 0 bridgehead atoms. The van der Waals surface area contributed by atoms with Gasteiger partial charge in [0.05, 0.1) is 24.8 Å². The third-order valence-electron chi connectivity index (χ3n) is 5.18. The van der Waals surface area contributed by atoms with E-state index in [9.17, 15) is 9.90 Å². The molecule has 166 valence electrons. The van der Waals surface area contributed by atoms with E-state index in [1.807, 2.05) is 54.6 Å². The molecular formula is C26H27NO5. The topological polar surface area (TPSA) is 68.2 Å². The van der Waals surface area contributed by atoms with Crippen molar-refractivity contribution >= 4 is 11.6 Å². The first-order chi connectivity index (χ1) is 15.4. The molecule has 0 spiro atoms. The van der Waals surface area contributed by atoms with E-state index in [0.29, 0.717) is 41.7 Å². The zero-order valence-electron chi connectivity index (χ0n) is 18.5. The van der Waals surface area contributed by atoms with E-state index < -0.39 is 5.60 Å². The lowest BCUT2D eigenvalue weighted by Gasteiger charge is -2.23. The highest BCUT2D eigenvalue weighted by molar-refractivity contribution is 6.08. The molecule has 0 aliphatic carbocycles. The number of carbonyl (C=O) groups excluding carboxylic acids is 1. The Balaban J connectivity index is 1.61. The van der Waals surface area contributed by atoms with Gasteiger partial charge in [-0.05, 0) is 49.2 Å². The molecule has 6 heteroatoms. The van der Waals surface area contributed by atoms with E-state index in [2.05, 4.69) is 0 Å². The molecule has 0 aromatic heterocycles. The zero-order valence-corrected chi connectivity index (χ0v) is 18.5. The summed E-state index contributed by atoms with van der Waals surface area (Å²) in [5.41, 5.74) is 2.30. The first-order valence-electron chi connectivity index (χ1n) is 10.5. The standard InChI is InChI=1S/C26H27NO5/c1-26(2,29)17-32-22-12-10-20(16-24(22)30-3)27-13-14-31-23-15-19(9-11-21(23)25(27)28)18-7-5-4-6-8-18/h4-12,15-16,29H,13-14,17H2,1-3H3. The van der Waals surface area contributed by atoms with Crippen molar-refractivity contribution in [2.24, 2.45) is 0 Å². The van der Waals surface area contributed by atoms with Gasteiger partial charge in [0.25, 0.3) is 5.91 Å². The second-order valence-electron chi connectivity index (χ2n) is 8.32. The Bertz CT molecular complexity index is 1100. The summed E-state index contributed by atoms with van der Waals surface area (Å²) in [5, 5.41) is 9.92. The van der Waals surface area contributed by atoms with Crippen LogP contribution in [0.2, 0.25) is 0 Å². The molecule has 0 saturated carbocycles. The van der Waals surface area contributed by atoms with Crippen LogP contribution in [-0.4, -0.2) is 43.5 Å². The van der Waals surface area contributed by atoms with Gasteiger partial charge in [-0.2, -0.15) is 0 Å². The van der Waals surface area contributed by atoms with Gasteiger partial charge in [0.15, 0.2) is 11.5 Å². The van der Waals surface area contributed by atoms with E-state index in [1.54, 1.807) is 38.0 Å². The maximum absolute atomic E-state index is 13.4. The maximum atomic E-state index is 13.4. The maximum Gasteiger partial charge on any atom is 0.262 e. The van der Waals surface area contributed by atoms with E-state index >= 15 is 0 Å². The largest absolute Gasteiger partial charge is 0.493 e. The minimum absolute atomic E-state index is 0.121. The number of amides is 1. The number of fused-ring (bicyclic) bond motifs is 1. The normalized spacial score (nSPS) is 13.8. The molecule has 3 aromatic rings. The number of ether oxygens (including phenoxy) is 3. The Morgan fingerprint density at radius 2 is 1.78 bits per heavy atom. The minimum Gasteiger partial charge on any atom is -0.493 e. The van der Waals surface area contributed by atoms with Gasteiger partial charge >= 0.3 is 0 Å². The Morgan fingerprint density at radius 1 is 1.00 bits per heavy atom. The summed E-state index contributed by atoms with van der Waals surface area (Å²) in [6, 6.07) is 21.0. The summed E-state index contributed by atoms with van der Waals surface area (Å²) in [5.74, 6) is 1.44. The lowest BCUT2D eigenvalue weighted by molar-refractivity contribution is 0.0276. The molecule has 1 amide bonds. The number of nitrogens with zero attached hydrogens (tertiary/aromatic N) is 1. The van der Waals surface area contributed by atoms with Crippen LogP contribution >= 0.6 is 0 Å². The molecular weight excluding hydrogens is 406 g/mol. The van der Waals surface area contributed by atoms with Crippen molar-refractivity contribution in [3.63, 3.8) is 0 Å². The second-order valence-corrected chi connectivity index (χ2v) is 8.32. The van der Waals surface area contributed by atoms with Gasteiger partial charge in [-0.3, -0.25) is 4.79 Å². The van der Waals surface area contributed by atoms with Crippen molar-refractivity contribution in [1.29, 1.82) is 0 Å². The third-order valence-corrected chi connectivity index (χ3v) is 5.18. The summed E-state index contributed by atoms with van der Waals surface area (Å²) >= 11 is 0. The van der Waals surface area contributed by atoms with E-state index in [1.165, 1.54) is 0 Å². The lowest BCUT2D eigenvalue weighted by Crippen LogP contribution is -2.32. The Kier molecular flexibility index (Phi) is 6.06. The van der Waals surface area contributed by atoms with Gasteiger partial charge in [0, 0.05) is 11.8 Å². The van der Waals surface area contributed by atoms with Crippen molar-refractivity contribution in [2.75, 3.05) is 31.8 Å². The van der Waals surface area contributed by atoms with Gasteiger partial charge in [-0.15, -0.1) is 0 Å². The highest BCUT2D eigenvalue weighted by atomic mass is 16.5. The summed E-state index contributed by atoms with van der Waals surface area (Å²) in [4.78, 5) is 15.0. The fourth-order valence-electron chi connectivity index (χ4n) is 3.57. The second kappa shape index (κ2) is 8.93. The summed E-state index contributed by atoms with van der Waals surface area (Å²) < 4.78 is 17.1. The van der Waals surface area contributed by atoms with Crippen LogP contribution in [0.3, 0.4) is 0 Å². The number of rotatable bonds is 6. The monoisotopic (exact) mass is 433 g/mol. The molecule has 1 aliphatic rings. The quantitative estimate of drug-likeness (QED) is 0.618. The highest BCUT2D eigenvalue weighted by Crippen LogP contribution is 2.35. The third kappa shape index (κ3) is 4.70. The van der Waals surface area contributed by atoms with E-state index in [0.717, 1.165) is 11.1 Å². The van der Waals surface area contributed by atoms with E-state index in [4.69, 9.17) is 14.2 Å². The van der Waals surface area contributed by atoms with Crippen molar-refractivity contribution in [1.82, 2.24) is 0 Å². The van der Waals surface area contributed by atoms with Crippen molar-refractivity contribution in [2.45, 2.75) is 19.4 Å². The Hall–Kier alpha value is -3.51. The fraction of sp³-hybridized carbons (Fsp3) is 0.269. The minimum atomic E-state index is -0.968. The Labute approximate surface area is 188 Å². The molecule has 0 atom stereocenters. The smallest absolute Gasteiger partial charge is 0.262 e. The molecule has 4 rings (SSSR count). The summed E-state index contributed by atoms with van der Waals surface area (Å²) in [6.45, 7) is 4.24. The van der Waals surface area contributed by atoms with Gasteiger partial charge in [0.2, 0.25) is 0 Å². The average Bonchev–Trinajstić information content (AvgIpc) is 2.96. The molecule has 1 aliphatic heterocycles. The molecule has 32 heavy (non-hydrogen) atoms. The molecule has 1 N–H and O–H groups in total. The predicted molar refractivity (Wildman–Crippen MR) is 124 cm³/mol. The van der Waals surface area contributed by atoms with Gasteiger partial charge in [-0.25, -0.2) is 0 Å². The number of anilines is 1. The molecule has 1 heterocycles. The molecule has 0 fully saturated rings. The molecule has 0 saturated heterocycles.